The molecule has 0 radical (unpaired) electrons. The number of carbonyl (C=O) groups excluding carboxylic acids is 1. The summed E-state index contributed by atoms with van der Waals surface area (Å²) >= 11 is 0. The highest BCUT2D eigenvalue weighted by Crippen LogP contribution is 2.11. The minimum atomic E-state index is -1.26. The van der Waals surface area contributed by atoms with Gasteiger partial charge in [0.25, 0.3) is 5.91 Å². The normalized spacial score (nSPS) is 11.4. The number of nitrogens with zero attached hydrogens (tertiary/aromatic N) is 2. The average molecular weight is 277 g/mol. The molecule has 0 fully saturated rings. The molecule has 7 nitrogen and oxygen atoms in total. The first-order chi connectivity index (χ1) is 9.53. The number of carbonyl (C=O) groups is 2. The van der Waals surface area contributed by atoms with Crippen LogP contribution in [0.2, 0.25) is 0 Å². The maximum absolute atomic E-state index is 11.9. The van der Waals surface area contributed by atoms with Gasteiger partial charge in [0, 0.05) is 13.3 Å². The van der Waals surface area contributed by atoms with E-state index in [1.807, 2.05) is 6.07 Å². The highest BCUT2D eigenvalue weighted by molar-refractivity contribution is 6.03. The lowest BCUT2D eigenvalue weighted by Gasteiger charge is -2.11. The number of aromatic nitrogens is 1. The minimum Gasteiger partial charge on any atom is -0.478 e. The van der Waals surface area contributed by atoms with Gasteiger partial charge in [-0.05, 0) is 18.1 Å². The van der Waals surface area contributed by atoms with Crippen molar-refractivity contribution < 1.29 is 19.4 Å². The molecule has 0 aliphatic carbocycles. The van der Waals surface area contributed by atoms with Gasteiger partial charge in [-0.15, -0.1) is 0 Å². The standard InChI is InChI=1S/C13H15N3O4/c1-3-9(5-14)16-12(17)11-10(13(18)19)4-8(6-15-11)7-20-2/h4,6,9H,3,7H2,1-2H3,(H,16,17)(H,18,19). The van der Waals surface area contributed by atoms with E-state index in [1.54, 1.807) is 6.92 Å². The summed E-state index contributed by atoms with van der Waals surface area (Å²) in [5.41, 5.74) is 0.115. The Morgan fingerprint density at radius 3 is 2.80 bits per heavy atom. The molecule has 1 unspecified atom stereocenters. The fourth-order valence-electron chi connectivity index (χ4n) is 1.55. The SMILES string of the molecule is CCC(C#N)NC(=O)c1ncc(COC)cc1C(=O)O. The van der Waals surface area contributed by atoms with Crippen LogP contribution in [0.4, 0.5) is 0 Å². The number of nitriles is 1. The fourth-order valence-corrected chi connectivity index (χ4v) is 1.55. The molecule has 106 valence electrons. The van der Waals surface area contributed by atoms with Gasteiger partial charge in [0.15, 0.2) is 0 Å². The molecule has 1 rings (SSSR count). The Morgan fingerprint density at radius 1 is 1.60 bits per heavy atom. The number of hydrogen-bond acceptors (Lipinski definition) is 5. The third-order valence-corrected chi connectivity index (χ3v) is 2.57. The largest absolute Gasteiger partial charge is 0.478 e. The van der Waals surface area contributed by atoms with Gasteiger partial charge >= 0.3 is 5.97 Å². The summed E-state index contributed by atoms with van der Waals surface area (Å²) in [6, 6.07) is 2.56. The van der Waals surface area contributed by atoms with Crippen molar-refractivity contribution in [3.05, 3.63) is 29.1 Å². The number of nitrogens with one attached hydrogen (secondary N) is 1. The molecule has 1 aromatic rings. The Kier molecular flexibility index (Phi) is 5.62. The van der Waals surface area contributed by atoms with Gasteiger partial charge in [-0.25, -0.2) is 9.78 Å². The summed E-state index contributed by atoms with van der Waals surface area (Å²) in [5.74, 6) is -1.94. The Morgan fingerprint density at radius 2 is 2.30 bits per heavy atom. The number of carboxylic acids is 1. The van der Waals surface area contributed by atoms with E-state index in [9.17, 15) is 9.59 Å². The van der Waals surface area contributed by atoms with Crippen LogP contribution in [0.5, 0.6) is 0 Å². The number of rotatable bonds is 6. The van der Waals surface area contributed by atoms with Crippen LogP contribution < -0.4 is 5.32 Å². The zero-order chi connectivity index (χ0) is 15.1. The third-order valence-electron chi connectivity index (χ3n) is 2.57. The first-order valence-corrected chi connectivity index (χ1v) is 5.95. The van der Waals surface area contributed by atoms with E-state index in [-0.39, 0.29) is 17.9 Å². The van der Waals surface area contributed by atoms with Crippen LogP contribution in [0, 0.1) is 11.3 Å². The Hall–Kier alpha value is -2.46. The molecule has 20 heavy (non-hydrogen) atoms. The van der Waals surface area contributed by atoms with Crippen LogP contribution in [0.3, 0.4) is 0 Å². The average Bonchev–Trinajstić information content (AvgIpc) is 2.44. The maximum atomic E-state index is 11.9. The van der Waals surface area contributed by atoms with Crippen molar-refractivity contribution in [1.82, 2.24) is 10.3 Å². The smallest absolute Gasteiger partial charge is 0.338 e. The van der Waals surface area contributed by atoms with Gasteiger partial charge < -0.3 is 15.2 Å². The van der Waals surface area contributed by atoms with Crippen molar-refractivity contribution in [1.29, 1.82) is 5.26 Å². The summed E-state index contributed by atoms with van der Waals surface area (Å²) in [4.78, 5) is 27.0. The summed E-state index contributed by atoms with van der Waals surface area (Å²) in [6.45, 7) is 1.94. The first-order valence-electron chi connectivity index (χ1n) is 5.95. The molecule has 7 heteroatoms. The lowest BCUT2D eigenvalue weighted by molar-refractivity contribution is 0.0689. The third kappa shape index (κ3) is 3.76. The van der Waals surface area contributed by atoms with E-state index >= 15 is 0 Å². The number of carboxylic acid groups (broad SMARTS) is 1. The minimum absolute atomic E-state index is 0.199. The molecule has 0 bridgehead atoms. The van der Waals surface area contributed by atoms with Crippen LogP contribution in [-0.4, -0.2) is 35.1 Å². The highest BCUT2D eigenvalue weighted by Gasteiger charge is 2.20. The van der Waals surface area contributed by atoms with Gasteiger partial charge in [-0.2, -0.15) is 5.26 Å². The van der Waals surface area contributed by atoms with E-state index < -0.39 is 17.9 Å². The second kappa shape index (κ2) is 7.21. The van der Waals surface area contributed by atoms with Gasteiger partial charge in [0.1, 0.15) is 11.7 Å². The summed E-state index contributed by atoms with van der Waals surface area (Å²) < 4.78 is 4.89. The number of methoxy groups -OCH3 is 1. The second-order valence-electron chi connectivity index (χ2n) is 4.04. The summed E-state index contributed by atoms with van der Waals surface area (Å²) in [6.07, 6.45) is 1.80. The van der Waals surface area contributed by atoms with Crippen LogP contribution in [0.1, 0.15) is 39.8 Å². The number of hydrogen-bond donors (Lipinski definition) is 2. The molecule has 1 heterocycles. The Labute approximate surface area is 116 Å². The van der Waals surface area contributed by atoms with Crippen LogP contribution in [-0.2, 0) is 11.3 Å². The van der Waals surface area contributed by atoms with E-state index in [1.165, 1.54) is 19.4 Å². The van der Waals surface area contributed by atoms with Crippen molar-refractivity contribution in [2.45, 2.75) is 26.0 Å². The van der Waals surface area contributed by atoms with Crippen LogP contribution in [0.25, 0.3) is 0 Å². The van der Waals surface area contributed by atoms with Crippen LogP contribution in [0.15, 0.2) is 12.3 Å². The summed E-state index contributed by atoms with van der Waals surface area (Å²) in [5, 5.41) is 20.3. The summed E-state index contributed by atoms with van der Waals surface area (Å²) in [7, 11) is 1.47. The van der Waals surface area contributed by atoms with E-state index in [0.29, 0.717) is 12.0 Å². The van der Waals surface area contributed by atoms with Crippen molar-refractivity contribution in [3.8, 4) is 6.07 Å². The predicted molar refractivity (Wildman–Crippen MR) is 69.1 cm³/mol. The molecular formula is C13H15N3O4. The number of pyridine rings is 1. The Balaban J connectivity index is 3.08. The maximum Gasteiger partial charge on any atom is 0.338 e. The van der Waals surface area contributed by atoms with Gasteiger partial charge in [0.05, 0.1) is 18.2 Å². The lowest BCUT2D eigenvalue weighted by Crippen LogP contribution is -2.34. The molecule has 0 saturated heterocycles. The zero-order valence-electron chi connectivity index (χ0n) is 11.2. The molecule has 1 aromatic heterocycles. The van der Waals surface area contributed by atoms with Crippen molar-refractivity contribution >= 4 is 11.9 Å². The molecule has 0 aliphatic heterocycles. The molecule has 1 atom stereocenters. The van der Waals surface area contributed by atoms with Crippen molar-refractivity contribution in [3.63, 3.8) is 0 Å². The number of aromatic carboxylic acids is 1. The van der Waals surface area contributed by atoms with Crippen LogP contribution >= 0.6 is 0 Å². The number of ether oxygens (including phenoxy) is 1. The van der Waals surface area contributed by atoms with Gasteiger partial charge in [0.2, 0.25) is 0 Å². The fraction of sp³-hybridized carbons (Fsp3) is 0.385. The van der Waals surface area contributed by atoms with Crippen molar-refractivity contribution in [2.75, 3.05) is 7.11 Å². The quantitative estimate of drug-likeness (QED) is 0.800. The highest BCUT2D eigenvalue weighted by atomic mass is 16.5. The molecule has 2 N–H and O–H groups in total. The Bertz CT molecular complexity index is 551. The molecule has 0 aromatic carbocycles. The van der Waals surface area contributed by atoms with E-state index in [0.717, 1.165) is 0 Å². The first kappa shape index (κ1) is 15.6. The molecular weight excluding hydrogens is 262 g/mol. The van der Waals surface area contributed by atoms with E-state index in [2.05, 4.69) is 10.3 Å². The lowest BCUT2D eigenvalue weighted by atomic mass is 10.1. The topological polar surface area (TPSA) is 112 Å². The van der Waals surface area contributed by atoms with E-state index in [4.69, 9.17) is 15.1 Å². The number of amides is 1. The second-order valence-corrected chi connectivity index (χ2v) is 4.04. The van der Waals surface area contributed by atoms with Crippen molar-refractivity contribution in [2.24, 2.45) is 0 Å². The molecule has 1 amide bonds. The molecule has 0 spiro atoms. The monoisotopic (exact) mass is 277 g/mol. The van der Waals surface area contributed by atoms with Gasteiger partial charge in [-0.1, -0.05) is 6.92 Å². The molecule has 0 aliphatic rings. The zero-order valence-corrected chi connectivity index (χ0v) is 11.2. The van der Waals surface area contributed by atoms with Gasteiger partial charge in [-0.3, -0.25) is 4.79 Å². The predicted octanol–water partition coefficient (Wildman–Crippen LogP) is 0.958. The molecule has 0 saturated carbocycles.